The number of nitrogens with one attached hydrogen (secondary N) is 1. The topological polar surface area (TPSA) is 29.1 Å². The molecule has 0 heterocycles. The average Bonchev–Trinajstić information content (AvgIpc) is 2.41. The Bertz CT molecular complexity index is 282. The average molecular weight is 235 g/mol. The second-order valence-electron chi connectivity index (χ2n) is 3.72. The maximum Gasteiger partial charge on any atom is 0.219 e. The van der Waals surface area contributed by atoms with Crippen LogP contribution >= 0.6 is 0 Å². The summed E-state index contributed by atoms with van der Waals surface area (Å²) in [5, 5.41) is 2.63. The minimum atomic E-state index is 0.148. The lowest BCUT2D eigenvalue weighted by atomic mass is 10.1. The molecular weight excluding hydrogens is 210 g/mol. The van der Waals surface area contributed by atoms with Crippen LogP contribution in [0, 0.1) is 0 Å². The van der Waals surface area contributed by atoms with E-state index in [1.54, 1.807) is 7.05 Å². The van der Waals surface area contributed by atoms with Crippen molar-refractivity contribution >= 4 is 5.91 Å². The number of rotatable bonds is 6. The van der Waals surface area contributed by atoms with Gasteiger partial charge in [-0.15, -0.1) is 0 Å². The third kappa shape index (κ3) is 8.49. The molecule has 0 atom stereocenters. The molecule has 1 aromatic carbocycles. The predicted octanol–water partition coefficient (Wildman–Crippen LogP) is 3.56. The zero-order valence-electron chi connectivity index (χ0n) is 11.3. The maximum atomic E-state index is 10.9. The Morgan fingerprint density at radius 2 is 1.71 bits per heavy atom. The summed E-state index contributed by atoms with van der Waals surface area (Å²) in [7, 11) is 1.69. The van der Waals surface area contributed by atoms with Gasteiger partial charge in [0.25, 0.3) is 0 Å². The van der Waals surface area contributed by atoms with E-state index in [0.29, 0.717) is 6.42 Å². The molecule has 1 rings (SSSR count). The van der Waals surface area contributed by atoms with Gasteiger partial charge in [0.15, 0.2) is 0 Å². The van der Waals surface area contributed by atoms with E-state index >= 15 is 0 Å². The van der Waals surface area contributed by atoms with Crippen molar-refractivity contribution in [1.82, 2.24) is 5.32 Å². The summed E-state index contributed by atoms with van der Waals surface area (Å²) in [6, 6.07) is 10.5. The molecule has 0 saturated heterocycles. The fraction of sp³-hybridized carbons (Fsp3) is 0.533. The Hall–Kier alpha value is -1.31. The fourth-order valence-electron chi connectivity index (χ4n) is 1.56. The number of hydrogen-bond acceptors (Lipinski definition) is 1. The van der Waals surface area contributed by atoms with Crippen molar-refractivity contribution in [2.24, 2.45) is 0 Å². The normalized spacial score (nSPS) is 9.12. The molecular formula is C15H25NO. The van der Waals surface area contributed by atoms with Crippen LogP contribution in [0.15, 0.2) is 30.3 Å². The SMILES string of the molecule is CC.CNC(=O)CCCCCc1ccccc1. The lowest BCUT2D eigenvalue weighted by Gasteiger charge is -2.01. The van der Waals surface area contributed by atoms with Crippen LogP contribution in [0.5, 0.6) is 0 Å². The number of carbonyl (C=O) groups excluding carboxylic acids is 1. The van der Waals surface area contributed by atoms with Gasteiger partial charge in [-0.1, -0.05) is 50.6 Å². The molecule has 0 saturated carbocycles. The number of amides is 1. The zero-order chi connectivity index (χ0) is 12.9. The molecule has 0 spiro atoms. The summed E-state index contributed by atoms with van der Waals surface area (Å²) in [5.41, 5.74) is 1.39. The van der Waals surface area contributed by atoms with E-state index < -0.39 is 0 Å². The van der Waals surface area contributed by atoms with Crippen molar-refractivity contribution in [3.63, 3.8) is 0 Å². The van der Waals surface area contributed by atoms with Gasteiger partial charge < -0.3 is 5.32 Å². The van der Waals surface area contributed by atoms with Crippen LogP contribution in [-0.2, 0) is 11.2 Å². The highest BCUT2D eigenvalue weighted by Crippen LogP contribution is 2.07. The third-order valence-corrected chi connectivity index (χ3v) is 2.49. The molecule has 1 N–H and O–H groups in total. The molecule has 0 aliphatic rings. The van der Waals surface area contributed by atoms with Crippen molar-refractivity contribution in [2.45, 2.75) is 46.0 Å². The number of aryl methyl sites for hydroxylation is 1. The van der Waals surface area contributed by atoms with Crippen LogP contribution < -0.4 is 5.32 Å². The van der Waals surface area contributed by atoms with Gasteiger partial charge in [0.1, 0.15) is 0 Å². The molecule has 2 nitrogen and oxygen atoms in total. The molecule has 0 bridgehead atoms. The molecule has 0 unspecified atom stereocenters. The first-order chi connectivity index (χ1) is 8.33. The molecule has 0 aromatic heterocycles. The fourth-order valence-corrected chi connectivity index (χ4v) is 1.56. The summed E-state index contributed by atoms with van der Waals surface area (Å²) in [4.78, 5) is 10.9. The number of hydrogen-bond donors (Lipinski definition) is 1. The molecule has 0 aliphatic carbocycles. The van der Waals surface area contributed by atoms with Crippen LogP contribution in [0.4, 0.5) is 0 Å². The van der Waals surface area contributed by atoms with E-state index in [1.165, 1.54) is 12.0 Å². The van der Waals surface area contributed by atoms with Gasteiger partial charge in [-0.25, -0.2) is 0 Å². The van der Waals surface area contributed by atoms with Crippen LogP contribution in [0.1, 0.15) is 45.1 Å². The third-order valence-electron chi connectivity index (χ3n) is 2.49. The minimum Gasteiger partial charge on any atom is -0.359 e. The second-order valence-corrected chi connectivity index (χ2v) is 3.72. The van der Waals surface area contributed by atoms with Crippen molar-refractivity contribution in [3.8, 4) is 0 Å². The molecule has 17 heavy (non-hydrogen) atoms. The molecule has 1 amide bonds. The highest BCUT2D eigenvalue weighted by Gasteiger charge is 1.97. The molecule has 2 heteroatoms. The Balaban J connectivity index is 0.00000121. The monoisotopic (exact) mass is 235 g/mol. The van der Waals surface area contributed by atoms with Crippen LogP contribution in [0.25, 0.3) is 0 Å². The Morgan fingerprint density at radius 1 is 1.06 bits per heavy atom. The summed E-state index contributed by atoms with van der Waals surface area (Å²) < 4.78 is 0. The highest BCUT2D eigenvalue weighted by molar-refractivity contribution is 5.75. The minimum absolute atomic E-state index is 0.148. The quantitative estimate of drug-likeness (QED) is 0.750. The van der Waals surface area contributed by atoms with E-state index in [1.807, 2.05) is 19.9 Å². The van der Waals surface area contributed by atoms with Crippen molar-refractivity contribution < 1.29 is 4.79 Å². The van der Waals surface area contributed by atoms with Crippen molar-refractivity contribution in [2.75, 3.05) is 7.05 Å². The summed E-state index contributed by atoms with van der Waals surface area (Å²) in [6.07, 6.45) is 5.07. The van der Waals surface area contributed by atoms with Gasteiger partial charge in [-0.3, -0.25) is 4.79 Å². The van der Waals surface area contributed by atoms with Gasteiger partial charge in [-0.2, -0.15) is 0 Å². The zero-order valence-corrected chi connectivity index (χ0v) is 11.3. The lowest BCUT2D eigenvalue weighted by Crippen LogP contribution is -2.16. The van der Waals surface area contributed by atoms with Gasteiger partial charge in [0.2, 0.25) is 5.91 Å². The van der Waals surface area contributed by atoms with Crippen LogP contribution in [-0.4, -0.2) is 13.0 Å². The van der Waals surface area contributed by atoms with E-state index in [2.05, 4.69) is 29.6 Å². The first-order valence-corrected chi connectivity index (χ1v) is 6.57. The molecule has 96 valence electrons. The molecule has 1 aromatic rings. The first kappa shape index (κ1) is 15.7. The molecule has 0 aliphatic heterocycles. The van der Waals surface area contributed by atoms with Gasteiger partial charge in [0, 0.05) is 13.5 Å². The van der Waals surface area contributed by atoms with E-state index in [-0.39, 0.29) is 5.91 Å². The Kier molecular flexibility index (Phi) is 10.3. The summed E-state index contributed by atoms with van der Waals surface area (Å²) >= 11 is 0. The lowest BCUT2D eigenvalue weighted by molar-refractivity contribution is -0.120. The Labute approximate surface area is 105 Å². The molecule has 0 fully saturated rings. The van der Waals surface area contributed by atoms with Crippen LogP contribution in [0.2, 0.25) is 0 Å². The largest absolute Gasteiger partial charge is 0.359 e. The molecule has 0 radical (unpaired) electrons. The van der Waals surface area contributed by atoms with Gasteiger partial charge >= 0.3 is 0 Å². The van der Waals surface area contributed by atoms with Crippen molar-refractivity contribution in [3.05, 3.63) is 35.9 Å². The van der Waals surface area contributed by atoms with Crippen molar-refractivity contribution in [1.29, 1.82) is 0 Å². The van der Waals surface area contributed by atoms with Gasteiger partial charge in [0.05, 0.1) is 0 Å². The summed E-state index contributed by atoms with van der Waals surface area (Å²) in [5.74, 6) is 0.148. The number of benzene rings is 1. The summed E-state index contributed by atoms with van der Waals surface area (Å²) in [6.45, 7) is 4.00. The van der Waals surface area contributed by atoms with Crippen LogP contribution in [0.3, 0.4) is 0 Å². The number of unbranched alkanes of at least 4 members (excludes halogenated alkanes) is 2. The van der Waals surface area contributed by atoms with E-state index in [0.717, 1.165) is 19.3 Å². The smallest absolute Gasteiger partial charge is 0.219 e. The van der Waals surface area contributed by atoms with E-state index in [9.17, 15) is 4.79 Å². The standard InChI is InChI=1S/C13H19NO.C2H6/c1-14-13(15)11-7-3-6-10-12-8-4-2-5-9-12;1-2/h2,4-5,8-9H,3,6-7,10-11H2,1H3,(H,14,15);1-2H3. The van der Waals surface area contributed by atoms with E-state index in [4.69, 9.17) is 0 Å². The Morgan fingerprint density at radius 3 is 2.29 bits per heavy atom. The second kappa shape index (κ2) is 11.2. The number of carbonyl (C=O) groups is 1. The first-order valence-electron chi connectivity index (χ1n) is 6.57. The predicted molar refractivity (Wildman–Crippen MR) is 74.0 cm³/mol. The van der Waals surface area contributed by atoms with Gasteiger partial charge in [-0.05, 0) is 24.8 Å². The maximum absolute atomic E-state index is 10.9. The highest BCUT2D eigenvalue weighted by atomic mass is 16.1.